The Bertz CT molecular complexity index is 2180. The molecule has 53 heavy (non-hydrogen) atoms. The zero-order chi connectivity index (χ0) is 36.8. The molecule has 5 aromatic rings. The molecule has 0 aliphatic carbocycles. The van der Waals surface area contributed by atoms with Gasteiger partial charge in [-0.25, -0.2) is 4.68 Å². The molecule has 1 fully saturated rings. The van der Waals surface area contributed by atoms with Crippen molar-refractivity contribution in [2.24, 2.45) is 7.05 Å². The maximum absolute atomic E-state index is 15.0. The van der Waals surface area contributed by atoms with Gasteiger partial charge in [0.1, 0.15) is 5.75 Å². The third kappa shape index (κ3) is 6.48. The van der Waals surface area contributed by atoms with Gasteiger partial charge >= 0.3 is 6.55 Å². The number of aromatic nitrogens is 3. The highest BCUT2D eigenvalue weighted by Crippen LogP contribution is 2.42. The predicted molar refractivity (Wildman–Crippen MR) is 191 cm³/mol. The summed E-state index contributed by atoms with van der Waals surface area (Å²) in [7, 11) is 1.80. The van der Waals surface area contributed by atoms with Crippen molar-refractivity contribution >= 4 is 23.2 Å². The minimum absolute atomic E-state index is 0.00690. The third-order valence-electron chi connectivity index (χ3n) is 10.3. The summed E-state index contributed by atoms with van der Waals surface area (Å²) >= 11 is 0. The Balaban J connectivity index is 1.20. The van der Waals surface area contributed by atoms with Crippen molar-refractivity contribution in [2.45, 2.75) is 32.5 Å². The molecule has 0 radical (unpaired) electrons. The smallest absolute Gasteiger partial charge is 0.333 e. The minimum Gasteiger partial charge on any atom is -0.508 e. The Morgan fingerprint density at radius 1 is 0.962 bits per heavy atom. The number of anilines is 2. The molecule has 1 N–H and O–H groups in total. The Morgan fingerprint density at radius 2 is 1.68 bits per heavy atom. The number of amides is 2. The molecule has 2 aromatic heterocycles. The summed E-state index contributed by atoms with van der Waals surface area (Å²) in [5, 5.41) is 13.7. The quantitative estimate of drug-likeness (QED) is 0.211. The molecule has 2 amide bonds. The number of rotatable bonds is 8. The highest BCUT2D eigenvalue weighted by atomic mass is 19.3. The van der Waals surface area contributed by atoms with Gasteiger partial charge in [0.2, 0.25) is 6.79 Å². The van der Waals surface area contributed by atoms with E-state index in [1.165, 1.54) is 40.9 Å². The lowest BCUT2D eigenvalue weighted by Crippen LogP contribution is -2.52. The van der Waals surface area contributed by atoms with Gasteiger partial charge in [0.05, 0.1) is 42.4 Å². The first-order chi connectivity index (χ1) is 25.7. The van der Waals surface area contributed by atoms with E-state index in [9.17, 15) is 23.5 Å². The molecule has 3 aromatic carbocycles. The van der Waals surface area contributed by atoms with Gasteiger partial charge in [0, 0.05) is 61.9 Å². The van der Waals surface area contributed by atoms with E-state index < -0.39 is 12.5 Å². The summed E-state index contributed by atoms with van der Waals surface area (Å²) in [5.74, 6) is 0.212. The van der Waals surface area contributed by atoms with Gasteiger partial charge in [-0.3, -0.25) is 19.4 Å². The average Bonchev–Trinajstić information content (AvgIpc) is 3.91. The van der Waals surface area contributed by atoms with E-state index in [-0.39, 0.29) is 35.7 Å². The molecule has 0 saturated carbocycles. The molecule has 14 heteroatoms. The van der Waals surface area contributed by atoms with E-state index in [1.807, 2.05) is 21.6 Å². The van der Waals surface area contributed by atoms with E-state index in [0.717, 1.165) is 24.8 Å². The van der Waals surface area contributed by atoms with Gasteiger partial charge < -0.3 is 28.8 Å². The van der Waals surface area contributed by atoms with Gasteiger partial charge in [-0.2, -0.15) is 13.9 Å². The van der Waals surface area contributed by atoms with Gasteiger partial charge in [-0.05, 0) is 66.9 Å². The molecule has 3 aliphatic rings. The van der Waals surface area contributed by atoms with Crippen LogP contribution in [0.15, 0.2) is 79.1 Å². The number of benzene rings is 3. The molecular weight excluding hydrogens is 686 g/mol. The highest BCUT2D eigenvalue weighted by molar-refractivity contribution is 6.12. The van der Waals surface area contributed by atoms with Crippen LogP contribution in [0.25, 0.3) is 11.3 Å². The van der Waals surface area contributed by atoms with Crippen LogP contribution in [-0.2, 0) is 24.8 Å². The molecule has 1 atom stereocenters. The summed E-state index contributed by atoms with van der Waals surface area (Å²) in [6, 6.07) is 19.2. The van der Waals surface area contributed by atoms with Crippen molar-refractivity contribution in [3.63, 3.8) is 0 Å². The Hall–Kier alpha value is -5.73. The van der Waals surface area contributed by atoms with E-state index in [1.54, 1.807) is 32.2 Å². The molecule has 1 saturated heterocycles. The van der Waals surface area contributed by atoms with Crippen molar-refractivity contribution in [1.82, 2.24) is 24.1 Å². The van der Waals surface area contributed by atoms with Gasteiger partial charge in [-0.1, -0.05) is 24.3 Å². The van der Waals surface area contributed by atoms with Crippen LogP contribution in [0.2, 0.25) is 0 Å². The maximum Gasteiger partial charge on any atom is 0.333 e. The topological polar surface area (TPSA) is 115 Å². The molecule has 5 heterocycles. The Kier molecular flexibility index (Phi) is 9.08. The number of alkyl halides is 2. The number of nitrogens with zero attached hydrogens (tertiary/aromatic N) is 6. The average molecular weight is 725 g/mol. The van der Waals surface area contributed by atoms with Gasteiger partial charge in [-0.15, -0.1) is 0 Å². The zero-order valence-electron chi connectivity index (χ0n) is 29.2. The number of phenols is 1. The molecular formula is C39H38F2N6O6. The third-order valence-corrected chi connectivity index (χ3v) is 10.3. The second-order valence-electron chi connectivity index (χ2n) is 13.4. The van der Waals surface area contributed by atoms with Crippen LogP contribution in [-0.4, -0.2) is 86.8 Å². The Morgan fingerprint density at radius 3 is 2.40 bits per heavy atom. The summed E-state index contributed by atoms with van der Waals surface area (Å²) in [5.41, 5.74) is 5.12. The number of carbonyl (C=O) groups is 2. The minimum atomic E-state index is -2.91. The largest absolute Gasteiger partial charge is 0.508 e. The molecule has 274 valence electrons. The van der Waals surface area contributed by atoms with Gasteiger partial charge in [0.15, 0.2) is 11.5 Å². The van der Waals surface area contributed by atoms with Crippen molar-refractivity contribution < 1.29 is 37.7 Å². The number of ether oxygens (including phenoxy) is 3. The fourth-order valence-corrected chi connectivity index (χ4v) is 7.39. The van der Waals surface area contributed by atoms with Crippen LogP contribution in [0.1, 0.15) is 44.1 Å². The van der Waals surface area contributed by atoms with Crippen LogP contribution in [0, 0.1) is 6.92 Å². The first-order valence-corrected chi connectivity index (χ1v) is 17.4. The Labute approximate surface area is 304 Å². The summed E-state index contributed by atoms with van der Waals surface area (Å²) < 4.78 is 46.6. The van der Waals surface area contributed by atoms with Crippen LogP contribution in [0.3, 0.4) is 0 Å². The molecule has 12 nitrogen and oxygen atoms in total. The number of carbonyl (C=O) groups excluding carboxylic acids is 2. The first-order valence-electron chi connectivity index (χ1n) is 17.4. The fraction of sp³-hybridized carbons (Fsp3) is 0.308. The maximum atomic E-state index is 15.0. The van der Waals surface area contributed by atoms with Crippen molar-refractivity contribution in [1.29, 1.82) is 0 Å². The summed E-state index contributed by atoms with van der Waals surface area (Å²) in [6.45, 7) is 2.89. The summed E-state index contributed by atoms with van der Waals surface area (Å²) in [4.78, 5) is 35.0. The molecule has 8 rings (SSSR count). The van der Waals surface area contributed by atoms with Crippen LogP contribution >= 0.6 is 0 Å². The SMILES string of the molecule is Cc1c(C(=O)N(c2ccc(O)cc2)c2cnn(C(F)F)c2)cc(-c2cc3c(cc2C(=O)N2Cc4ccccc4C[C@H]2CN2CCOCC2)OCO3)n1C. The second-order valence-corrected chi connectivity index (χ2v) is 13.4. The molecule has 0 bridgehead atoms. The number of fused-ring (bicyclic) bond motifs is 2. The first kappa shape index (κ1) is 34.4. The fourth-order valence-electron chi connectivity index (χ4n) is 7.39. The van der Waals surface area contributed by atoms with E-state index in [2.05, 4.69) is 22.1 Å². The summed E-state index contributed by atoms with van der Waals surface area (Å²) in [6.07, 6.45) is 2.98. The number of morpholine rings is 1. The lowest BCUT2D eigenvalue weighted by Gasteiger charge is -2.40. The number of hydrogen-bond donors (Lipinski definition) is 1. The van der Waals surface area contributed by atoms with E-state index >= 15 is 0 Å². The van der Waals surface area contributed by atoms with E-state index in [0.29, 0.717) is 77.1 Å². The van der Waals surface area contributed by atoms with Crippen LogP contribution < -0.4 is 14.4 Å². The van der Waals surface area contributed by atoms with Crippen LogP contribution in [0.4, 0.5) is 20.2 Å². The monoisotopic (exact) mass is 724 g/mol. The number of phenolic OH excluding ortho intramolecular Hbond substituents is 1. The molecule has 0 spiro atoms. The van der Waals surface area contributed by atoms with Crippen molar-refractivity contribution in [3.8, 4) is 28.5 Å². The lowest BCUT2D eigenvalue weighted by atomic mass is 9.92. The molecule has 3 aliphatic heterocycles. The predicted octanol–water partition coefficient (Wildman–Crippen LogP) is 5.90. The highest BCUT2D eigenvalue weighted by Gasteiger charge is 2.35. The lowest BCUT2D eigenvalue weighted by molar-refractivity contribution is 0.0193. The van der Waals surface area contributed by atoms with Gasteiger partial charge in [0.25, 0.3) is 11.8 Å². The standard InChI is InChI=1S/C39H38F2N6O6/c1-24-31(38(50)47(27-7-9-30(48)10-8-27)29-19-42-46(22-29)39(40)41)16-34(43(24)2)32-17-35-36(53-23-52-35)18-33(32)37(49)45-20-26-6-4-3-5-25(26)15-28(45)21-44-11-13-51-14-12-44/h3-10,16-19,22,28,39,48H,11-15,20-21,23H2,1-2H3/t28-/m0/s1. The van der Waals surface area contributed by atoms with Crippen molar-refractivity contribution in [2.75, 3.05) is 44.5 Å². The second kappa shape index (κ2) is 14.0. The number of halogens is 2. The number of aromatic hydroxyl groups is 1. The number of hydrogen-bond acceptors (Lipinski definition) is 8. The molecule has 0 unspecified atom stereocenters. The normalized spacial score (nSPS) is 16.9. The van der Waals surface area contributed by atoms with Crippen molar-refractivity contribution in [3.05, 3.63) is 107 Å². The van der Waals surface area contributed by atoms with E-state index in [4.69, 9.17) is 14.2 Å². The zero-order valence-corrected chi connectivity index (χ0v) is 29.2. The van der Waals surface area contributed by atoms with Crippen LogP contribution in [0.5, 0.6) is 17.2 Å².